The van der Waals surface area contributed by atoms with Gasteiger partial charge in [-0.15, -0.1) is 0 Å². The molecule has 0 unspecified atom stereocenters. The molecule has 9 nitrogen and oxygen atoms in total. The number of anilines is 2. The Morgan fingerprint density at radius 2 is 2.15 bits per heavy atom. The molecule has 5 N–H and O–H groups in total. The van der Waals surface area contributed by atoms with Crippen molar-refractivity contribution in [3.05, 3.63) is 47.3 Å². The molecule has 1 aliphatic heterocycles. The second-order valence-corrected chi connectivity index (χ2v) is 8.39. The number of rotatable bonds is 9. The zero-order chi connectivity index (χ0) is 24.2. The van der Waals surface area contributed by atoms with Gasteiger partial charge >= 0.3 is 0 Å². The Morgan fingerprint density at radius 1 is 1.39 bits per heavy atom. The van der Waals surface area contributed by atoms with Gasteiger partial charge in [0.15, 0.2) is 11.6 Å². The number of likely N-dealkylation sites (tertiary alicyclic amines) is 1. The molecule has 33 heavy (non-hydrogen) atoms. The number of β-amino-alcohol motifs (C(OH)–C–C–N with tert-alkyl or cyclic N) is 1. The van der Waals surface area contributed by atoms with E-state index in [4.69, 9.17) is 5.73 Å². The number of aliphatic hydroxyl groups is 2. The highest BCUT2D eigenvalue weighted by Crippen LogP contribution is 2.27. The van der Waals surface area contributed by atoms with Gasteiger partial charge in [0.1, 0.15) is 17.7 Å². The maximum Gasteiger partial charge on any atom is 0.231 e. The fourth-order valence-electron chi connectivity index (χ4n) is 3.86. The maximum absolute atomic E-state index is 15.2. The molecule has 0 aliphatic carbocycles. The van der Waals surface area contributed by atoms with Gasteiger partial charge in [0.25, 0.3) is 0 Å². The number of nitrogens with two attached hydrogens (primary N) is 1. The minimum atomic E-state index is -1.54. The van der Waals surface area contributed by atoms with Crippen molar-refractivity contribution in [3.63, 3.8) is 0 Å². The molecule has 1 saturated heterocycles. The van der Waals surface area contributed by atoms with Crippen molar-refractivity contribution >= 4 is 17.5 Å². The number of benzene rings is 1. The molecule has 180 valence electrons. The van der Waals surface area contributed by atoms with Crippen LogP contribution in [-0.4, -0.2) is 75.4 Å². The average molecular weight is 465 g/mol. The van der Waals surface area contributed by atoms with Gasteiger partial charge in [0.2, 0.25) is 11.7 Å². The third-order valence-corrected chi connectivity index (χ3v) is 5.88. The van der Waals surface area contributed by atoms with Crippen molar-refractivity contribution in [1.82, 2.24) is 14.9 Å². The summed E-state index contributed by atoms with van der Waals surface area (Å²) in [6, 6.07) is 4.87. The van der Waals surface area contributed by atoms with E-state index in [0.717, 1.165) is 5.56 Å². The number of aliphatic hydroxyl groups excluding tert-OH is 1. The van der Waals surface area contributed by atoms with Crippen LogP contribution in [0.3, 0.4) is 0 Å². The number of carbonyl (C=O) groups is 1. The maximum atomic E-state index is 15.2. The van der Waals surface area contributed by atoms with Gasteiger partial charge in [-0.1, -0.05) is 12.1 Å². The first kappa shape index (κ1) is 24.7. The summed E-state index contributed by atoms with van der Waals surface area (Å²) >= 11 is 0. The van der Waals surface area contributed by atoms with Gasteiger partial charge in [0.05, 0.1) is 12.6 Å². The molecular weight excluding hydrogens is 434 g/mol. The molecule has 2 atom stereocenters. The Bertz CT molecular complexity index is 995. The molecule has 2 heterocycles. The van der Waals surface area contributed by atoms with Crippen molar-refractivity contribution in [2.24, 2.45) is 5.73 Å². The second-order valence-electron chi connectivity index (χ2n) is 8.39. The smallest absolute Gasteiger partial charge is 0.231 e. The molecule has 0 radical (unpaired) electrons. The molecule has 0 spiro atoms. The predicted octanol–water partition coefficient (Wildman–Crippen LogP) is 0.785. The quantitative estimate of drug-likeness (QED) is 0.429. The average Bonchev–Trinajstić information content (AvgIpc) is 2.75. The van der Waals surface area contributed by atoms with Crippen LogP contribution in [0.25, 0.3) is 0 Å². The predicted molar refractivity (Wildman–Crippen MR) is 120 cm³/mol. The molecule has 1 aliphatic rings. The van der Waals surface area contributed by atoms with Crippen molar-refractivity contribution < 1.29 is 23.8 Å². The number of aryl methyl sites for hydroxylation is 1. The molecule has 3 rings (SSSR count). The Kier molecular flexibility index (Phi) is 7.77. The SMILES string of the molecule is CCN(Cc1ccc(C)cc1F)c1ncnc(NC[C@@]2(O)CCN(CC(N)=O)C[C@H]2O)c1F. The molecular formula is C22H30F2N6O3. The first-order valence-corrected chi connectivity index (χ1v) is 10.8. The van der Waals surface area contributed by atoms with E-state index < -0.39 is 23.4 Å². The lowest BCUT2D eigenvalue weighted by molar-refractivity contribution is -0.127. The highest BCUT2D eigenvalue weighted by atomic mass is 19.1. The summed E-state index contributed by atoms with van der Waals surface area (Å²) in [6.07, 6.45) is 0.172. The van der Waals surface area contributed by atoms with Crippen molar-refractivity contribution in [2.45, 2.75) is 38.5 Å². The van der Waals surface area contributed by atoms with Crippen LogP contribution >= 0.6 is 0 Å². The van der Waals surface area contributed by atoms with Gasteiger partial charge < -0.3 is 26.2 Å². The van der Waals surface area contributed by atoms with Crippen LogP contribution in [0.1, 0.15) is 24.5 Å². The third-order valence-electron chi connectivity index (χ3n) is 5.88. The van der Waals surface area contributed by atoms with Crippen LogP contribution < -0.4 is 16.0 Å². The number of hydrogen-bond donors (Lipinski definition) is 4. The zero-order valence-electron chi connectivity index (χ0n) is 18.8. The van der Waals surface area contributed by atoms with Crippen LogP contribution in [-0.2, 0) is 11.3 Å². The number of hydrogen-bond acceptors (Lipinski definition) is 8. The van der Waals surface area contributed by atoms with Crippen LogP contribution in [0.5, 0.6) is 0 Å². The minimum absolute atomic E-state index is 0.00112. The van der Waals surface area contributed by atoms with E-state index in [1.165, 1.54) is 12.4 Å². The summed E-state index contributed by atoms with van der Waals surface area (Å²) in [5.41, 5.74) is 4.85. The van der Waals surface area contributed by atoms with Crippen LogP contribution in [0.15, 0.2) is 24.5 Å². The number of carbonyl (C=O) groups excluding carboxylic acids is 1. The number of aromatic nitrogens is 2. The summed E-state index contributed by atoms with van der Waals surface area (Å²) in [4.78, 5) is 22.3. The molecule has 1 amide bonds. The zero-order valence-corrected chi connectivity index (χ0v) is 18.8. The Labute approximate surface area is 191 Å². The number of amides is 1. The summed E-state index contributed by atoms with van der Waals surface area (Å²) in [7, 11) is 0. The Hall–Kier alpha value is -2.89. The van der Waals surface area contributed by atoms with E-state index in [1.807, 2.05) is 0 Å². The van der Waals surface area contributed by atoms with Gasteiger partial charge in [-0.3, -0.25) is 9.69 Å². The van der Waals surface area contributed by atoms with E-state index in [2.05, 4.69) is 15.3 Å². The van der Waals surface area contributed by atoms with Crippen molar-refractivity contribution in [3.8, 4) is 0 Å². The van der Waals surface area contributed by atoms with Gasteiger partial charge in [-0.2, -0.15) is 4.39 Å². The number of nitrogens with one attached hydrogen (secondary N) is 1. The lowest BCUT2D eigenvalue weighted by atomic mass is 9.88. The van der Waals surface area contributed by atoms with E-state index in [0.29, 0.717) is 18.7 Å². The molecule has 2 aromatic rings. The normalized spacial score (nSPS) is 21.1. The van der Waals surface area contributed by atoms with Crippen LogP contribution in [0, 0.1) is 18.6 Å². The fraction of sp³-hybridized carbons (Fsp3) is 0.500. The van der Waals surface area contributed by atoms with Crippen molar-refractivity contribution in [1.29, 1.82) is 0 Å². The van der Waals surface area contributed by atoms with E-state index >= 15 is 4.39 Å². The van der Waals surface area contributed by atoms with Gasteiger partial charge in [0, 0.05) is 38.3 Å². The standard InChI is InChI=1S/C22H30F2N6O3/c1-3-30(9-15-5-4-14(2)8-16(15)23)21-19(24)20(27-13-28-21)26-12-22(33)6-7-29(10-17(22)31)11-18(25)32/h4-5,8,13,17,31,33H,3,6-7,9-12H2,1-2H3,(H2,25,32)(H,26,27,28)/t17-,22+/m1/s1. The van der Waals surface area contributed by atoms with Crippen molar-refractivity contribution in [2.75, 3.05) is 42.9 Å². The number of halogens is 2. The monoisotopic (exact) mass is 464 g/mol. The number of primary amides is 1. The lowest BCUT2D eigenvalue weighted by Crippen LogP contribution is -2.59. The number of piperidine rings is 1. The first-order chi connectivity index (χ1) is 15.6. The molecule has 1 fully saturated rings. The number of nitrogens with zero attached hydrogens (tertiary/aromatic N) is 4. The second kappa shape index (κ2) is 10.4. The summed E-state index contributed by atoms with van der Waals surface area (Å²) in [6.45, 7) is 4.32. The molecule has 0 bridgehead atoms. The Balaban J connectivity index is 1.71. The van der Waals surface area contributed by atoms with Crippen LogP contribution in [0.4, 0.5) is 20.4 Å². The summed E-state index contributed by atoms with van der Waals surface area (Å²) in [5.74, 6) is -1.77. The summed E-state index contributed by atoms with van der Waals surface area (Å²) < 4.78 is 29.5. The molecule has 0 saturated carbocycles. The van der Waals surface area contributed by atoms with E-state index in [1.54, 1.807) is 35.8 Å². The highest BCUT2D eigenvalue weighted by Gasteiger charge is 2.41. The fourth-order valence-corrected chi connectivity index (χ4v) is 3.86. The topological polar surface area (TPSA) is 128 Å². The van der Waals surface area contributed by atoms with E-state index in [-0.39, 0.29) is 50.1 Å². The Morgan fingerprint density at radius 3 is 2.79 bits per heavy atom. The molecule has 1 aromatic heterocycles. The third kappa shape index (κ3) is 5.92. The largest absolute Gasteiger partial charge is 0.389 e. The molecule has 11 heteroatoms. The highest BCUT2D eigenvalue weighted by molar-refractivity contribution is 5.75. The summed E-state index contributed by atoms with van der Waals surface area (Å²) in [5, 5.41) is 24.0. The minimum Gasteiger partial charge on any atom is -0.389 e. The molecule has 1 aromatic carbocycles. The van der Waals surface area contributed by atoms with Gasteiger partial charge in [-0.25, -0.2) is 14.4 Å². The van der Waals surface area contributed by atoms with Gasteiger partial charge in [-0.05, 0) is 31.9 Å². The lowest BCUT2D eigenvalue weighted by Gasteiger charge is -2.41. The van der Waals surface area contributed by atoms with Crippen LogP contribution in [0.2, 0.25) is 0 Å². The van der Waals surface area contributed by atoms with E-state index in [9.17, 15) is 19.4 Å². The first-order valence-electron chi connectivity index (χ1n) is 10.8.